The molecule has 3 heteroatoms. The lowest BCUT2D eigenvalue weighted by molar-refractivity contribution is 0.0372. The summed E-state index contributed by atoms with van der Waals surface area (Å²) in [6, 6.07) is 1.87. The van der Waals surface area contributed by atoms with Crippen molar-refractivity contribution < 1.29 is 5.11 Å². The molecule has 1 unspecified atom stereocenters. The fraction of sp³-hybridized carbons (Fsp3) is 0.545. The maximum Gasteiger partial charge on any atom is 0.0688 e. The van der Waals surface area contributed by atoms with Crippen molar-refractivity contribution in [1.29, 1.82) is 0 Å². The fourth-order valence-electron chi connectivity index (χ4n) is 1.78. The molecule has 76 valence electrons. The molecule has 0 saturated heterocycles. The molecule has 1 fully saturated rings. The topological polar surface area (TPSA) is 33.1 Å². The van der Waals surface area contributed by atoms with Gasteiger partial charge in [0.1, 0.15) is 0 Å². The number of rotatable bonds is 3. The predicted molar refractivity (Wildman–Crippen MR) is 56.3 cm³/mol. The Balaban J connectivity index is 2.13. The van der Waals surface area contributed by atoms with Crippen molar-refractivity contribution in [2.45, 2.75) is 31.8 Å². The first kappa shape index (κ1) is 9.94. The minimum Gasteiger partial charge on any atom is -0.390 e. The third kappa shape index (κ3) is 2.07. The average Bonchev–Trinajstić information content (AvgIpc) is 2.91. The van der Waals surface area contributed by atoms with Crippen LogP contribution in [0, 0.1) is 5.92 Å². The highest BCUT2D eigenvalue weighted by molar-refractivity contribution is 6.31. The lowest BCUT2D eigenvalue weighted by atomic mass is 9.92. The van der Waals surface area contributed by atoms with E-state index in [1.165, 1.54) is 0 Å². The summed E-state index contributed by atoms with van der Waals surface area (Å²) in [7, 11) is 0. The first-order valence-corrected chi connectivity index (χ1v) is 5.28. The molecule has 1 saturated carbocycles. The smallest absolute Gasteiger partial charge is 0.0688 e. The molecule has 0 spiro atoms. The molecular formula is C11H14ClNO. The monoisotopic (exact) mass is 211 g/mol. The van der Waals surface area contributed by atoms with Crippen LogP contribution in [0.15, 0.2) is 18.5 Å². The van der Waals surface area contributed by atoms with Crippen LogP contribution in [0.25, 0.3) is 0 Å². The van der Waals surface area contributed by atoms with Crippen molar-refractivity contribution in [3.8, 4) is 0 Å². The van der Waals surface area contributed by atoms with E-state index in [2.05, 4.69) is 4.98 Å². The molecule has 2 rings (SSSR count). The van der Waals surface area contributed by atoms with Crippen molar-refractivity contribution in [3.05, 3.63) is 29.0 Å². The maximum absolute atomic E-state index is 10.2. The van der Waals surface area contributed by atoms with E-state index in [9.17, 15) is 5.11 Å². The van der Waals surface area contributed by atoms with Gasteiger partial charge in [0.2, 0.25) is 0 Å². The van der Waals surface area contributed by atoms with Gasteiger partial charge in [-0.05, 0) is 37.3 Å². The summed E-state index contributed by atoms with van der Waals surface area (Å²) in [6.45, 7) is 1.89. The third-order valence-electron chi connectivity index (χ3n) is 2.86. The van der Waals surface area contributed by atoms with Crippen LogP contribution in [0.3, 0.4) is 0 Å². The van der Waals surface area contributed by atoms with Crippen molar-refractivity contribution >= 4 is 11.6 Å². The van der Waals surface area contributed by atoms with Crippen molar-refractivity contribution in [2.24, 2.45) is 5.92 Å². The summed E-state index contributed by atoms with van der Waals surface area (Å²) in [5.74, 6) is 0.451. The maximum atomic E-state index is 10.2. The molecule has 0 amide bonds. The molecule has 1 atom stereocenters. The van der Waals surface area contributed by atoms with Gasteiger partial charge in [0.25, 0.3) is 0 Å². The lowest BCUT2D eigenvalue weighted by Crippen LogP contribution is -2.29. The first-order chi connectivity index (χ1) is 6.59. The van der Waals surface area contributed by atoms with Crippen molar-refractivity contribution in [2.75, 3.05) is 0 Å². The lowest BCUT2D eigenvalue weighted by Gasteiger charge is -2.23. The van der Waals surface area contributed by atoms with Crippen LogP contribution in [-0.4, -0.2) is 15.7 Å². The van der Waals surface area contributed by atoms with Gasteiger partial charge in [0, 0.05) is 18.8 Å². The van der Waals surface area contributed by atoms with Crippen LogP contribution < -0.4 is 0 Å². The number of aromatic nitrogens is 1. The fourth-order valence-corrected chi connectivity index (χ4v) is 1.97. The average molecular weight is 212 g/mol. The molecule has 14 heavy (non-hydrogen) atoms. The zero-order valence-corrected chi connectivity index (χ0v) is 8.96. The summed E-state index contributed by atoms with van der Waals surface area (Å²) in [5.41, 5.74) is 0.379. The van der Waals surface area contributed by atoms with E-state index >= 15 is 0 Å². The molecule has 0 bridgehead atoms. The largest absolute Gasteiger partial charge is 0.390 e. The van der Waals surface area contributed by atoms with Gasteiger partial charge in [-0.15, -0.1) is 0 Å². The summed E-state index contributed by atoms with van der Waals surface area (Å²) in [4.78, 5) is 3.92. The highest BCUT2D eigenvalue weighted by atomic mass is 35.5. The van der Waals surface area contributed by atoms with Crippen LogP contribution in [0.1, 0.15) is 25.3 Å². The molecule has 0 radical (unpaired) electrons. The number of hydrogen-bond acceptors (Lipinski definition) is 2. The molecule has 0 aliphatic heterocycles. The Kier molecular flexibility index (Phi) is 2.50. The van der Waals surface area contributed by atoms with Crippen LogP contribution in [-0.2, 0) is 6.42 Å². The van der Waals surface area contributed by atoms with E-state index in [1.807, 2.05) is 13.0 Å². The first-order valence-electron chi connectivity index (χ1n) is 4.90. The van der Waals surface area contributed by atoms with Crippen LogP contribution in [0.5, 0.6) is 0 Å². The minimum atomic E-state index is -0.606. The Labute approximate surface area is 88.9 Å². The Morgan fingerprint density at radius 2 is 2.36 bits per heavy atom. The second kappa shape index (κ2) is 3.52. The van der Waals surface area contributed by atoms with Crippen LogP contribution >= 0.6 is 11.6 Å². The van der Waals surface area contributed by atoms with E-state index in [1.54, 1.807) is 12.4 Å². The van der Waals surface area contributed by atoms with Gasteiger partial charge in [-0.3, -0.25) is 4.98 Å². The standard InChI is InChI=1S/C11H14ClNO/c1-11(14,9-2-3-9)6-8-4-5-13-7-10(8)12/h4-5,7,9,14H,2-3,6H2,1H3. The second-order valence-corrected chi connectivity index (χ2v) is 4.68. The number of aliphatic hydroxyl groups is 1. The third-order valence-corrected chi connectivity index (χ3v) is 3.20. The summed E-state index contributed by atoms with van der Waals surface area (Å²) < 4.78 is 0. The van der Waals surface area contributed by atoms with Crippen molar-refractivity contribution in [3.63, 3.8) is 0 Å². The SMILES string of the molecule is CC(O)(Cc1ccncc1Cl)C1CC1. The van der Waals surface area contributed by atoms with Crippen LogP contribution in [0.4, 0.5) is 0 Å². The van der Waals surface area contributed by atoms with Gasteiger partial charge >= 0.3 is 0 Å². The molecule has 1 heterocycles. The Hall–Kier alpha value is -0.600. The molecule has 1 N–H and O–H groups in total. The minimum absolute atomic E-state index is 0.451. The van der Waals surface area contributed by atoms with Gasteiger partial charge in [0.05, 0.1) is 10.6 Å². The Morgan fingerprint density at radius 3 is 2.93 bits per heavy atom. The summed E-state index contributed by atoms with van der Waals surface area (Å²) in [5, 5.41) is 10.8. The van der Waals surface area contributed by atoms with E-state index in [4.69, 9.17) is 11.6 Å². The normalized spacial score (nSPS) is 20.5. The van der Waals surface area contributed by atoms with E-state index in [-0.39, 0.29) is 0 Å². The van der Waals surface area contributed by atoms with Gasteiger partial charge < -0.3 is 5.11 Å². The van der Waals surface area contributed by atoms with E-state index in [0.29, 0.717) is 17.4 Å². The number of pyridine rings is 1. The van der Waals surface area contributed by atoms with Crippen LogP contribution in [0.2, 0.25) is 5.02 Å². The zero-order chi connectivity index (χ0) is 10.2. The number of halogens is 1. The van der Waals surface area contributed by atoms with Gasteiger partial charge in [-0.25, -0.2) is 0 Å². The summed E-state index contributed by atoms with van der Waals surface area (Å²) >= 11 is 5.98. The zero-order valence-electron chi connectivity index (χ0n) is 8.20. The van der Waals surface area contributed by atoms with Gasteiger partial charge in [-0.2, -0.15) is 0 Å². The highest BCUT2D eigenvalue weighted by Crippen LogP contribution is 2.41. The molecular weight excluding hydrogens is 198 g/mol. The van der Waals surface area contributed by atoms with Crippen molar-refractivity contribution in [1.82, 2.24) is 4.98 Å². The van der Waals surface area contributed by atoms with Gasteiger partial charge in [-0.1, -0.05) is 11.6 Å². The molecule has 1 aliphatic rings. The highest BCUT2D eigenvalue weighted by Gasteiger charge is 2.40. The molecule has 1 aromatic heterocycles. The molecule has 1 aromatic rings. The second-order valence-electron chi connectivity index (χ2n) is 4.28. The number of hydrogen-bond donors (Lipinski definition) is 1. The van der Waals surface area contributed by atoms with Gasteiger partial charge in [0.15, 0.2) is 0 Å². The van der Waals surface area contributed by atoms with E-state index < -0.39 is 5.60 Å². The quantitative estimate of drug-likeness (QED) is 0.833. The molecule has 0 aromatic carbocycles. The summed E-state index contributed by atoms with van der Waals surface area (Å²) in [6.07, 6.45) is 6.23. The Bertz CT molecular complexity index is 334. The number of nitrogens with zero attached hydrogens (tertiary/aromatic N) is 1. The molecule has 1 aliphatic carbocycles. The predicted octanol–water partition coefficient (Wildman–Crippen LogP) is 2.44. The Morgan fingerprint density at radius 1 is 1.64 bits per heavy atom. The van der Waals surface area contributed by atoms with E-state index in [0.717, 1.165) is 18.4 Å². The molecule has 2 nitrogen and oxygen atoms in total.